The summed E-state index contributed by atoms with van der Waals surface area (Å²) >= 11 is 0. The van der Waals surface area contributed by atoms with Crippen molar-refractivity contribution in [3.05, 3.63) is 194 Å². The molecule has 56 heavy (non-hydrogen) atoms. The Kier molecular flexibility index (Phi) is 7.42. The number of benzene rings is 7. The van der Waals surface area contributed by atoms with Gasteiger partial charge in [0, 0.05) is 44.1 Å². The molecule has 0 fully saturated rings. The van der Waals surface area contributed by atoms with Crippen LogP contribution in [0.25, 0.3) is 106 Å². The summed E-state index contributed by atoms with van der Waals surface area (Å²) < 4.78 is 9.25. The fraction of sp³-hybridized carbons (Fsp3) is 0. The molecule has 262 valence electrons. The average molecular weight is 717 g/mol. The van der Waals surface area contributed by atoms with Gasteiger partial charge in [0.2, 0.25) is 5.71 Å². The highest BCUT2D eigenvalue weighted by atomic mass is 16.3. The van der Waals surface area contributed by atoms with Crippen molar-refractivity contribution >= 4 is 43.9 Å². The van der Waals surface area contributed by atoms with Crippen LogP contribution in [0.3, 0.4) is 0 Å². The fourth-order valence-electron chi connectivity index (χ4n) is 7.97. The van der Waals surface area contributed by atoms with Crippen molar-refractivity contribution in [2.24, 2.45) is 0 Å². The van der Waals surface area contributed by atoms with E-state index in [0.29, 0.717) is 5.82 Å². The predicted molar refractivity (Wildman–Crippen MR) is 229 cm³/mol. The second-order valence-electron chi connectivity index (χ2n) is 14.0. The third-order valence-electron chi connectivity index (χ3n) is 10.6. The number of pyridine rings is 1. The Morgan fingerprint density at radius 2 is 0.964 bits per heavy atom. The Morgan fingerprint density at radius 1 is 0.393 bits per heavy atom. The smallest absolute Gasteiger partial charge is 0.213 e. The minimum Gasteiger partial charge on any atom is -0.437 e. The lowest BCUT2D eigenvalue weighted by Crippen LogP contribution is -1.96. The zero-order chi connectivity index (χ0) is 37.0. The maximum absolute atomic E-state index is 7.00. The molecule has 0 amide bonds. The molecule has 0 aliphatic rings. The lowest BCUT2D eigenvalue weighted by molar-refractivity contribution is 0.645. The molecule has 11 aromatic rings. The molecular weight excluding hydrogens is 685 g/mol. The Morgan fingerprint density at radius 3 is 1.70 bits per heavy atom. The molecule has 5 nitrogen and oxygen atoms in total. The van der Waals surface area contributed by atoms with Crippen molar-refractivity contribution in [1.82, 2.24) is 19.5 Å². The summed E-state index contributed by atoms with van der Waals surface area (Å²) in [7, 11) is 0. The summed E-state index contributed by atoms with van der Waals surface area (Å²) in [5, 5.41) is 4.39. The van der Waals surface area contributed by atoms with Gasteiger partial charge in [0.25, 0.3) is 0 Å². The van der Waals surface area contributed by atoms with Crippen LogP contribution < -0.4 is 0 Å². The van der Waals surface area contributed by atoms with Gasteiger partial charge in [-0.2, -0.15) is 0 Å². The van der Waals surface area contributed by atoms with Gasteiger partial charge in [0.1, 0.15) is 5.69 Å². The van der Waals surface area contributed by atoms with Gasteiger partial charge in [0.05, 0.1) is 27.8 Å². The summed E-state index contributed by atoms with van der Waals surface area (Å²) in [5.74, 6) is 0.703. The van der Waals surface area contributed by atoms with Gasteiger partial charge in [0.15, 0.2) is 11.4 Å². The first-order valence-electron chi connectivity index (χ1n) is 18.8. The van der Waals surface area contributed by atoms with Crippen molar-refractivity contribution < 1.29 is 4.42 Å². The van der Waals surface area contributed by atoms with Crippen LogP contribution in [0.15, 0.2) is 199 Å². The maximum atomic E-state index is 7.00. The topological polar surface area (TPSA) is 56.7 Å². The van der Waals surface area contributed by atoms with Crippen molar-refractivity contribution in [3.8, 4) is 62.0 Å². The normalized spacial score (nSPS) is 11.6. The Bertz CT molecular complexity index is 3160. The molecule has 0 saturated carbocycles. The summed E-state index contributed by atoms with van der Waals surface area (Å²) in [4.78, 5) is 15.1. The van der Waals surface area contributed by atoms with Gasteiger partial charge in [-0.15, -0.1) is 0 Å². The molecular formula is C51H32N4O. The number of nitrogens with zero attached hydrogens (tertiary/aromatic N) is 4. The number of para-hydroxylation sites is 2. The highest BCUT2D eigenvalue weighted by molar-refractivity contribution is 6.28. The zero-order valence-electron chi connectivity index (χ0n) is 30.2. The standard InChI is InChI=1S/C51H32N4O/c1-4-15-34(16-5-1)43-32-44(54-50(53-43)37-19-8-3-9-20-37)35-29-27-33(28-30-35)38-21-14-22-39(31-38)55-45-26-13-11-24-41(45)47-46-40-23-10-12-25-42(40)52-48(49(46)56-51(47)55)36-17-6-2-7-18-36/h1-32H. The number of fused-ring (bicyclic) bond motifs is 7. The van der Waals surface area contributed by atoms with Crippen molar-refractivity contribution in [2.75, 3.05) is 0 Å². The lowest BCUT2D eigenvalue weighted by Gasteiger charge is -2.11. The first-order chi connectivity index (χ1) is 27.8. The number of aromatic nitrogens is 4. The molecule has 4 heterocycles. The van der Waals surface area contributed by atoms with E-state index in [1.54, 1.807) is 0 Å². The van der Waals surface area contributed by atoms with E-state index >= 15 is 0 Å². The highest BCUT2D eigenvalue weighted by Gasteiger charge is 2.24. The van der Waals surface area contributed by atoms with Gasteiger partial charge in [-0.05, 0) is 41.5 Å². The quantitative estimate of drug-likeness (QED) is 0.172. The lowest BCUT2D eigenvalue weighted by atomic mass is 10.0. The monoisotopic (exact) mass is 716 g/mol. The van der Waals surface area contributed by atoms with E-state index in [1.165, 1.54) is 0 Å². The van der Waals surface area contributed by atoms with Gasteiger partial charge >= 0.3 is 0 Å². The maximum Gasteiger partial charge on any atom is 0.213 e. The van der Waals surface area contributed by atoms with E-state index in [9.17, 15) is 0 Å². The van der Waals surface area contributed by atoms with Crippen LogP contribution in [0.4, 0.5) is 0 Å². The van der Waals surface area contributed by atoms with Crippen LogP contribution in [0.5, 0.6) is 0 Å². The van der Waals surface area contributed by atoms with Crippen LogP contribution in [0, 0.1) is 0 Å². The molecule has 0 spiro atoms. The van der Waals surface area contributed by atoms with E-state index in [-0.39, 0.29) is 0 Å². The van der Waals surface area contributed by atoms with E-state index in [2.05, 4.69) is 138 Å². The molecule has 0 atom stereocenters. The molecule has 5 heteroatoms. The van der Waals surface area contributed by atoms with E-state index in [1.807, 2.05) is 60.7 Å². The average Bonchev–Trinajstić information content (AvgIpc) is 3.82. The van der Waals surface area contributed by atoms with E-state index in [4.69, 9.17) is 19.4 Å². The third-order valence-corrected chi connectivity index (χ3v) is 10.6. The number of hydrogen-bond donors (Lipinski definition) is 0. The van der Waals surface area contributed by atoms with Gasteiger partial charge in [-0.3, -0.25) is 4.57 Å². The molecule has 0 radical (unpaired) electrons. The molecule has 0 bridgehead atoms. The molecule has 11 rings (SSSR count). The highest BCUT2D eigenvalue weighted by Crippen LogP contribution is 2.44. The van der Waals surface area contributed by atoms with Crippen LogP contribution in [-0.2, 0) is 0 Å². The predicted octanol–water partition coefficient (Wildman–Crippen LogP) is 13.2. The SMILES string of the molecule is c1ccc(-c2cc(-c3ccc(-c4cccc(-n5c6ccccc6c6c7c(oc65)c(-c5ccccc5)nc5ccccc57)c4)cc3)nc(-c3ccccc3)n2)cc1. The molecule has 0 aliphatic heterocycles. The van der Waals surface area contributed by atoms with Gasteiger partial charge < -0.3 is 4.42 Å². The fourth-order valence-corrected chi connectivity index (χ4v) is 7.97. The molecule has 0 aliphatic carbocycles. The Hall–Kier alpha value is -7.63. The summed E-state index contributed by atoms with van der Waals surface area (Å²) in [6.07, 6.45) is 0. The summed E-state index contributed by atoms with van der Waals surface area (Å²) in [5.41, 5.74) is 13.6. The van der Waals surface area contributed by atoms with Gasteiger partial charge in [-0.1, -0.05) is 164 Å². The third kappa shape index (κ3) is 5.29. The molecule has 7 aromatic carbocycles. The van der Waals surface area contributed by atoms with Crippen molar-refractivity contribution in [3.63, 3.8) is 0 Å². The van der Waals surface area contributed by atoms with Crippen LogP contribution >= 0.6 is 0 Å². The zero-order valence-corrected chi connectivity index (χ0v) is 30.2. The second-order valence-corrected chi connectivity index (χ2v) is 14.0. The van der Waals surface area contributed by atoms with E-state index < -0.39 is 0 Å². The summed E-state index contributed by atoms with van der Waals surface area (Å²) in [6, 6.07) is 67.1. The van der Waals surface area contributed by atoms with Gasteiger partial charge in [-0.25, -0.2) is 15.0 Å². The van der Waals surface area contributed by atoms with Crippen LogP contribution in [0.2, 0.25) is 0 Å². The second kappa shape index (κ2) is 13.0. The number of rotatable bonds is 6. The Labute approximate surface area is 322 Å². The minimum absolute atomic E-state index is 0.703. The Balaban J connectivity index is 1.04. The molecule has 0 unspecified atom stereocenters. The largest absolute Gasteiger partial charge is 0.437 e. The van der Waals surface area contributed by atoms with Crippen molar-refractivity contribution in [2.45, 2.75) is 0 Å². The summed E-state index contributed by atoms with van der Waals surface area (Å²) in [6.45, 7) is 0. The van der Waals surface area contributed by atoms with Crippen molar-refractivity contribution in [1.29, 1.82) is 0 Å². The van der Waals surface area contributed by atoms with Crippen LogP contribution in [0.1, 0.15) is 0 Å². The minimum atomic E-state index is 0.703. The van der Waals surface area contributed by atoms with E-state index in [0.717, 1.165) is 100 Å². The number of furan rings is 1. The molecule has 4 aromatic heterocycles. The number of hydrogen-bond acceptors (Lipinski definition) is 4. The first-order valence-corrected chi connectivity index (χ1v) is 18.8. The molecule has 0 saturated heterocycles. The first kappa shape index (κ1) is 31.9. The molecule has 0 N–H and O–H groups in total. The van der Waals surface area contributed by atoms with Crippen LogP contribution in [-0.4, -0.2) is 19.5 Å².